The van der Waals surface area contributed by atoms with Gasteiger partial charge in [0.1, 0.15) is 4.75 Å². The van der Waals surface area contributed by atoms with Gasteiger partial charge in [-0.15, -0.1) is 0 Å². The lowest BCUT2D eigenvalue weighted by Gasteiger charge is -2.21. The van der Waals surface area contributed by atoms with Crippen LogP contribution < -0.4 is 5.32 Å². The van der Waals surface area contributed by atoms with Crippen molar-refractivity contribution in [3.05, 3.63) is 36.5 Å². The summed E-state index contributed by atoms with van der Waals surface area (Å²) in [5.41, 5.74) is 2.19. The number of carbonyl (C=O) groups is 1. The minimum atomic E-state index is -3.50. The zero-order chi connectivity index (χ0) is 15.7. The molecule has 0 bridgehead atoms. The van der Waals surface area contributed by atoms with E-state index in [1.807, 2.05) is 6.07 Å². The number of sulfone groups is 1. The minimum absolute atomic E-state index is 0.531. The first-order chi connectivity index (χ1) is 9.72. The van der Waals surface area contributed by atoms with E-state index in [-0.39, 0.29) is 0 Å². The summed E-state index contributed by atoms with van der Waals surface area (Å²) >= 11 is 0. The molecule has 7 heteroatoms. The van der Waals surface area contributed by atoms with E-state index in [9.17, 15) is 13.2 Å². The number of carbonyl (C=O) groups excluding carboxylic acids is 1. The molecule has 1 amide bonds. The summed E-state index contributed by atoms with van der Waals surface area (Å²) in [7, 11) is -3.50. The molecule has 0 unspecified atom stereocenters. The Kier molecular flexibility index (Phi) is 3.87. The van der Waals surface area contributed by atoms with Gasteiger partial charge in [-0.3, -0.25) is 9.89 Å². The predicted octanol–water partition coefficient (Wildman–Crippen LogP) is 1.84. The van der Waals surface area contributed by atoms with Gasteiger partial charge < -0.3 is 5.32 Å². The van der Waals surface area contributed by atoms with Crippen LogP contribution in [-0.4, -0.2) is 35.5 Å². The van der Waals surface area contributed by atoms with E-state index in [1.165, 1.54) is 13.8 Å². The van der Waals surface area contributed by atoms with Crippen LogP contribution in [0.3, 0.4) is 0 Å². The Morgan fingerprint density at radius 1 is 1.29 bits per heavy atom. The number of hydrogen-bond acceptors (Lipinski definition) is 4. The summed E-state index contributed by atoms with van der Waals surface area (Å²) in [6.45, 7) is 2.77. The second-order valence-corrected chi connectivity index (χ2v) is 7.85. The van der Waals surface area contributed by atoms with Gasteiger partial charge in [-0.2, -0.15) is 5.10 Å². The third kappa shape index (κ3) is 3.13. The van der Waals surface area contributed by atoms with Gasteiger partial charge in [-0.1, -0.05) is 12.1 Å². The van der Waals surface area contributed by atoms with Gasteiger partial charge in [-0.25, -0.2) is 8.42 Å². The number of H-pyrrole nitrogens is 1. The van der Waals surface area contributed by atoms with E-state index >= 15 is 0 Å². The smallest absolute Gasteiger partial charge is 0.245 e. The number of rotatable bonds is 4. The van der Waals surface area contributed by atoms with Crippen molar-refractivity contribution in [3.8, 4) is 11.3 Å². The number of nitrogens with zero attached hydrogens (tertiary/aromatic N) is 1. The predicted molar refractivity (Wildman–Crippen MR) is 81.6 cm³/mol. The van der Waals surface area contributed by atoms with Gasteiger partial charge in [0, 0.05) is 23.7 Å². The average Bonchev–Trinajstić information content (AvgIpc) is 2.91. The van der Waals surface area contributed by atoms with Crippen molar-refractivity contribution in [3.63, 3.8) is 0 Å². The summed E-state index contributed by atoms with van der Waals surface area (Å²) in [5.74, 6) is -0.563. The van der Waals surface area contributed by atoms with Gasteiger partial charge in [-0.05, 0) is 32.0 Å². The Bertz CT molecular complexity index is 750. The van der Waals surface area contributed by atoms with Gasteiger partial charge in [0.2, 0.25) is 5.91 Å². The lowest BCUT2D eigenvalue weighted by atomic mass is 10.1. The average molecular weight is 307 g/mol. The Labute approximate surface area is 123 Å². The van der Waals surface area contributed by atoms with Gasteiger partial charge >= 0.3 is 0 Å². The summed E-state index contributed by atoms with van der Waals surface area (Å²) in [4.78, 5) is 12.2. The molecule has 1 aromatic carbocycles. The molecule has 2 aromatic rings. The van der Waals surface area contributed by atoms with Gasteiger partial charge in [0.05, 0.1) is 5.69 Å². The zero-order valence-corrected chi connectivity index (χ0v) is 12.9. The van der Waals surface area contributed by atoms with Crippen molar-refractivity contribution in [1.82, 2.24) is 10.2 Å². The minimum Gasteiger partial charge on any atom is -0.325 e. The van der Waals surface area contributed by atoms with Crippen molar-refractivity contribution in [2.45, 2.75) is 18.6 Å². The maximum Gasteiger partial charge on any atom is 0.245 e. The molecule has 2 rings (SSSR count). The number of aromatic nitrogens is 2. The van der Waals surface area contributed by atoms with E-state index in [4.69, 9.17) is 0 Å². The van der Waals surface area contributed by atoms with Crippen LogP contribution in [0.1, 0.15) is 13.8 Å². The molecule has 0 aliphatic rings. The zero-order valence-electron chi connectivity index (χ0n) is 12.0. The third-order valence-corrected chi connectivity index (χ3v) is 5.45. The molecular formula is C14H17N3O3S. The van der Waals surface area contributed by atoms with Crippen LogP contribution in [0.25, 0.3) is 11.3 Å². The quantitative estimate of drug-likeness (QED) is 0.901. The molecule has 21 heavy (non-hydrogen) atoms. The second kappa shape index (κ2) is 5.33. The number of aromatic amines is 1. The van der Waals surface area contributed by atoms with Crippen molar-refractivity contribution in [2.24, 2.45) is 0 Å². The van der Waals surface area contributed by atoms with Crippen LogP contribution in [0, 0.1) is 0 Å². The van der Waals surface area contributed by atoms with E-state index < -0.39 is 20.5 Å². The molecular weight excluding hydrogens is 290 g/mol. The van der Waals surface area contributed by atoms with E-state index in [0.717, 1.165) is 17.5 Å². The topological polar surface area (TPSA) is 91.9 Å². The fraction of sp³-hybridized carbons (Fsp3) is 0.286. The summed E-state index contributed by atoms with van der Waals surface area (Å²) in [6, 6.07) is 8.91. The lowest BCUT2D eigenvalue weighted by molar-refractivity contribution is -0.117. The molecule has 2 N–H and O–H groups in total. The molecule has 0 atom stereocenters. The molecule has 6 nitrogen and oxygen atoms in total. The van der Waals surface area contributed by atoms with Crippen LogP contribution in [-0.2, 0) is 14.6 Å². The Morgan fingerprint density at radius 3 is 2.57 bits per heavy atom. The van der Waals surface area contributed by atoms with Crippen molar-refractivity contribution >= 4 is 21.4 Å². The fourth-order valence-corrected chi connectivity index (χ4v) is 2.02. The van der Waals surface area contributed by atoms with E-state index in [0.29, 0.717) is 5.69 Å². The van der Waals surface area contributed by atoms with Crippen molar-refractivity contribution in [1.29, 1.82) is 0 Å². The first kappa shape index (κ1) is 15.2. The monoisotopic (exact) mass is 307 g/mol. The van der Waals surface area contributed by atoms with Crippen LogP contribution in [0.5, 0.6) is 0 Å². The van der Waals surface area contributed by atoms with Crippen LogP contribution in [0.2, 0.25) is 0 Å². The number of nitrogens with one attached hydrogen (secondary N) is 2. The number of hydrogen-bond donors (Lipinski definition) is 2. The third-order valence-electron chi connectivity index (χ3n) is 3.41. The first-order valence-electron chi connectivity index (χ1n) is 6.33. The van der Waals surface area contributed by atoms with E-state index in [2.05, 4.69) is 15.5 Å². The Hall–Kier alpha value is -2.15. The Morgan fingerprint density at radius 2 is 2.00 bits per heavy atom. The SMILES string of the molecule is CC(C)(C(=O)Nc1cccc(-c2ccn[nH]2)c1)S(C)(=O)=O. The van der Waals surface area contributed by atoms with Gasteiger partial charge in [0.25, 0.3) is 0 Å². The first-order valence-corrected chi connectivity index (χ1v) is 8.22. The highest BCUT2D eigenvalue weighted by molar-refractivity contribution is 7.92. The molecule has 1 aromatic heterocycles. The van der Waals surface area contributed by atoms with Crippen molar-refractivity contribution < 1.29 is 13.2 Å². The number of benzene rings is 1. The van der Waals surface area contributed by atoms with Crippen LogP contribution >= 0.6 is 0 Å². The number of amides is 1. The second-order valence-electron chi connectivity index (χ2n) is 5.29. The highest BCUT2D eigenvalue weighted by Crippen LogP contribution is 2.22. The standard InChI is InChI=1S/C14H17N3O3S/c1-14(2,21(3,19)20)13(18)16-11-6-4-5-10(9-11)12-7-8-15-17-12/h4-9H,1-3H3,(H,15,17)(H,16,18). The highest BCUT2D eigenvalue weighted by Gasteiger charge is 2.38. The normalized spacial score (nSPS) is 12.1. The fourth-order valence-electron chi connectivity index (χ4n) is 1.63. The van der Waals surface area contributed by atoms with Crippen LogP contribution in [0.4, 0.5) is 5.69 Å². The van der Waals surface area contributed by atoms with E-state index in [1.54, 1.807) is 30.5 Å². The highest BCUT2D eigenvalue weighted by atomic mass is 32.2. The molecule has 1 heterocycles. The summed E-state index contributed by atoms with van der Waals surface area (Å²) in [6.07, 6.45) is 2.68. The maximum atomic E-state index is 12.2. The molecule has 0 saturated carbocycles. The summed E-state index contributed by atoms with van der Waals surface area (Å²) in [5, 5.41) is 9.34. The molecule has 0 saturated heterocycles. The maximum absolute atomic E-state index is 12.2. The van der Waals surface area contributed by atoms with Crippen molar-refractivity contribution in [2.75, 3.05) is 11.6 Å². The van der Waals surface area contributed by atoms with Crippen LogP contribution in [0.15, 0.2) is 36.5 Å². The number of anilines is 1. The molecule has 0 fully saturated rings. The van der Waals surface area contributed by atoms with Gasteiger partial charge in [0.15, 0.2) is 9.84 Å². The largest absolute Gasteiger partial charge is 0.325 e. The molecule has 0 spiro atoms. The lowest BCUT2D eigenvalue weighted by Crippen LogP contribution is -2.43. The molecule has 0 aliphatic heterocycles. The molecule has 0 radical (unpaired) electrons. The Balaban J connectivity index is 2.25. The molecule has 0 aliphatic carbocycles. The summed E-state index contributed by atoms with van der Waals surface area (Å²) < 4.78 is 21.8. The molecule has 112 valence electrons.